The minimum absolute atomic E-state index is 0.0492. The Bertz CT molecular complexity index is 1040. The Morgan fingerprint density at radius 3 is 2.92 bits per heavy atom. The molecule has 1 N–H and O–H groups in total. The highest BCUT2D eigenvalue weighted by Crippen LogP contribution is 2.26. The van der Waals surface area contributed by atoms with Crippen molar-refractivity contribution in [1.29, 1.82) is 0 Å². The molecule has 0 saturated carbocycles. The Hall–Kier alpha value is -3.68. The lowest BCUT2D eigenvalue weighted by atomic mass is 10.2. The zero-order valence-electron chi connectivity index (χ0n) is 13.1. The Balaban J connectivity index is 1.59. The van der Waals surface area contributed by atoms with Gasteiger partial charge in [0.15, 0.2) is 5.58 Å². The maximum absolute atomic E-state index is 12.2. The van der Waals surface area contributed by atoms with Gasteiger partial charge >= 0.3 is 0 Å². The van der Waals surface area contributed by atoms with E-state index in [0.717, 1.165) is 5.56 Å². The second-order valence-electron chi connectivity index (χ2n) is 5.13. The van der Waals surface area contributed by atoms with Crippen molar-refractivity contribution in [2.24, 2.45) is 0 Å². The van der Waals surface area contributed by atoms with Crippen LogP contribution in [0.5, 0.6) is 5.88 Å². The quantitative estimate of drug-likeness (QED) is 0.610. The minimum atomic E-state index is -0.439. The molecule has 0 radical (unpaired) electrons. The molecule has 0 bridgehead atoms. The van der Waals surface area contributed by atoms with Gasteiger partial charge in [-0.15, -0.1) is 0 Å². The van der Waals surface area contributed by atoms with E-state index >= 15 is 0 Å². The number of fused-ring (bicyclic) bond motifs is 1. The molecule has 0 atom stereocenters. The molecule has 4 aromatic rings. The SMILES string of the molecule is COc1cc(C(=O)Nc2ccc3oc(-c4cccnc4)nc3c2)on1. The summed E-state index contributed by atoms with van der Waals surface area (Å²) < 4.78 is 15.5. The molecule has 8 nitrogen and oxygen atoms in total. The first-order valence-corrected chi connectivity index (χ1v) is 7.36. The van der Waals surface area contributed by atoms with E-state index in [-0.39, 0.29) is 11.6 Å². The van der Waals surface area contributed by atoms with E-state index in [1.165, 1.54) is 13.2 Å². The number of pyridine rings is 1. The number of hydrogen-bond acceptors (Lipinski definition) is 7. The molecule has 0 aliphatic carbocycles. The third kappa shape index (κ3) is 2.92. The smallest absolute Gasteiger partial charge is 0.294 e. The van der Waals surface area contributed by atoms with Gasteiger partial charge in [-0.25, -0.2) is 4.98 Å². The first kappa shape index (κ1) is 14.9. The second kappa shape index (κ2) is 6.08. The summed E-state index contributed by atoms with van der Waals surface area (Å²) in [4.78, 5) is 20.6. The maximum Gasteiger partial charge on any atom is 0.294 e. The molecule has 8 heteroatoms. The molecule has 0 aliphatic rings. The predicted molar refractivity (Wildman–Crippen MR) is 88.2 cm³/mol. The van der Waals surface area contributed by atoms with E-state index in [9.17, 15) is 4.79 Å². The number of methoxy groups -OCH3 is 1. The summed E-state index contributed by atoms with van der Waals surface area (Å²) in [5.74, 6) is 0.309. The monoisotopic (exact) mass is 336 g/mol. The van der Waals surface area contributed by atoms with Gasteiger partial charge in [-0.2, -0.15) is 0 Å². The third-order valence-corrected chi connectivity index (χ3v) is 3.48. The average molecular weight is 336 g/mol. The van der Waals surface area contributed by atoms with Crippen molar-refractivity contribution in [3.63, 3.8) is 0 Å². The molecule has 3 heterocycles. The predicted octanol–water partition coefficient (Wildman–Crippen LogP) is 3.14. The molecule has 0 saturated heterocycles. The number of benzene rings is 1. The molecule has 0 spiro atoms. The van der Waals surface area contributed by atoms with E-state index in [1.54, 1.807) is 30.6 Å². The van der Waals surface area contributed by atoms with E-state index < -0.39 is 5.91 Å². The van der Waals surface area contributed by atoms with Crippen LogP contribution in [0.1, 0.15) is 10.6 Å². The number of anilines is 1. The number of hydrogen-bond donors (Lipinski definition) is 1. The van der Waals surface area contributed by atoms with Crippen molar-refractivity contribution >= 4 is 22.7 Å². The van der Waals surface area contributed by atoms with Crippen LogP contribution in [0.25, 0.3) is 22.6 Å². The van der Waals surface area contributed by atoms with Crippen LogP contribution in [0.4, 0.5) is 5.69 Å². The normalized spacial score (nSPS) is 10.8. The van der Waals surface area contributed by atoms with Gasteiger partial charge in [0, 0.05) is 18.1 Å². The van der Waals surface area contributed by atoms with Crippen molar-refractivity contribution in [2.45, 2.75) is 0 Å². The number of nitrogens with one attached hydrogen (secondary N) is 1. The average Bonchev–Trinajstić information content (AvgIpc) is 3.29. The van der Waals surface area contributed by atoms with Crippen LogP contribution in [0.2, 0.25) is 0 Å². The standard InChI is InChI=1S/C17H12N4O4/c1-23-15-8-14(25-21-15)16(22)19-11-4-5-13-12(7-11)20-17(24-13)10-3-2-6-18-9-10/h2-9H,1H3,(H,19,22). The number of ether oxygens (including phenoxy) is 1. The molecule has 1 aromatic carbocycles. The van der Waals surface area contributed by atoms with E-state index in [4.69, 9.17) is 13.7 Å². The fourth-order valence-electron chi connectivity index (χ4n) is 2.27. The van der Waals surface area contributed by atoms with Crippen molar-refractivity contribution in [2.75, 3.05) is 12.4 Å². The zero-order chi connectivity index (χ0) is 17.2. The number of aromatic nitrogens is 3. The Kier molecular flexibility index (Phi) is 3.62. The summed E-state index contributed by atoms with van der Waals surface area (Å²) in [7, 11) is 1.44. The van der Waals surface area contributed by atoms with Crippen molar-refractivity contribution in [3.05, 3.63) is 54.6 Å². The summed E-state index contributed by atoms with van der Waals surface area (Å²) in [5, 5.41) is 6.31. The van der Waals surface area contributed by atoms with Gasteiger partial charge in [-0.1, -0.05) is 0 Å². The third-order valence-electron chi connectivity index (χ3n) is 3.48. The Morgan fingerprint density at radius 2 is 2.16 bits per heavy atom. The van der Waals surface area contributed by atoms with Gasteiger partial charge in [0.2, 0.25) is 11.7 Å². The number of nitrogens with zero attached hydrogens (tertiary/aromatic N) is 3. The minimum Gasteiger partial charge on any atom is -0.479 e. The van der Waals surface area contributed by atoms with Gasteiger partial charge in [0.25, 0.3) is 11.8 Å². The van der Waals surface area contributed by atoms with Gasteiger partial charge in [0.05, 0.1) is 18.7 Å². The van der Waals surface area contributed by atoms with Crippen molar-refractivity contribution < 1.29 is 18.5 Å². The lowest BCUT2D eigenvalue weighted by Crippen LogP contribution is -2.10. The van der Waals surface area contributed by atoms with Crippen LogP contribution in [0.15, 0.2) is 57.7 Å². The van der Waals surface area contributed by atoms with E-state index in [1.807, 2.05) is 12.1 Å². The van der Waals surface area contributed by atoms with Crippen LogP contribution < -0.4 is 10.1 Å². The summed E-state index contributed by atoms with van der Waals surface area (Å²) in [5.41, 5.74) is 2.56. The van der Waals surface area contributed by atoms with Crippen molar-refractivity contribution in [3.8, 4) is 17.3 Å². The number of amides is 1. The summed E-state index contributed by atoms with van der Waals surface area (Å²) in [6, 6.07) is 10.2. The number of rotatable bonds is 4. The van der Waals surface area contributed by atoms with E-state index in [2.05, 4.69) is 20.4 Å². The van der Waals surface area contributed by atoms with Crippen molar-refractivity contribution in [1.82, 2.24) is 15.1 Å². The van der Waals surface area contributed by atoms with Gasteiger partial charge < -0.3 is 19.0 Å². The van der Waals surface area contributed by atoms with Crippen LogP contribution in [-0.4, -0.2) is 28.1 Å². The lowest BCUT2D eigenvalue weighted by Gasteiger charge is -2.01. The zero-order valence-corrected chi connectivity index (χ0v) is 13.1. The molecule has 0 unspecified atom stereocenters. The first-order valence-electron chi connectivity index (χ1n) is 7.36. The van der Waals surface area contributed by atoms with Gasteiger partial charge in [-0.05, 0) is 35.5 Å². The van der Waals surface area contributed by atoms with Crippen LogP contribution in [-0.2, 0) is 0 Å². The maximum atomic E-state index is 12.2. The molecule has 3 aromatic heterocycles. The van der Waals surface area contributed by atoms with Crippen LogP contribution >= 0.6 is 0 Å². The summed E-state index contributed by atoms with van der Waals surface area (Å²) in [6.45, 7) is 0. The molecule has 4 rings (SSSR count). The van der Waals surface area contributed by atoms with E-state index in [0.29, 0.717) is 22.7 Å². The number of carbonyl (C=O) groups is 1. The molecule has 0 aliphatic heterocycles. The van der Waals surface area contributed by atoms with Crippen LogP contribution in [0.3, 0.4) is 0 Å². The summed E-state index contributed by atoms with van der Waals surface area (Å²) >= 11 is 0. The second-order valence-corrected chi connectivity index (χ2v) is 5.13. The molecule has 25 heavy (non-hydrogen) atoms. The topological polar surface area (TPSA) is 103 Å². The molecular formula is C17H12N4O4. The fourth-order valence-corrected chi connectivity index (χ4v) is 2.27. The first-order chi connectivity index (χ1) is 12.2. The number of oxazole rings is 1. The number of carbonyl (C=O) groups excluding carboxylic acids is 1. The molecule has 1 amide bonds. The Labute approximate surface area is 141 Å². The molecular weight excluding hydrogens is 324 g/mol. The highest BCUT2D eigenvalue weighted by molar-refractivity contribution is 6.03. The highest BCUT2D eigenvalue weighted by Gasteiger charge is 2.15. The molecule has 124 valence electrons. The van der Waals surface area contributed by atoms with Gasteiger partial charge in [-0.3, -0.25) is 9.78 Å². The lowest BCUT2D eigenvalue weighted by molar-refractivity contribution is 0.0987. The highest BCUT2D eigenvalue weighted by atomic mass is 16.5. The summed E-state index contributed by atoms with van der Waals surface area (Å²) in [6.07, 6.45) is 3.35. The van der Waals surface area contributed by atoms with Gasteiger partial charge in [0.1, 0.15) is 5.52 Å². The molecule has 0 fully saturated rings. The largest absolute Gasteiger partial charge is 0.479 e. The Morgan fingerprint density at radius 1 is 1.24 bits per heavy atom. The fraction of sp³-hybridized carbons (Fsp3) is 0.0588. The van der Waals surface area contributed by atoms with Crippen LogP contribution in [0, 0.1) is 0 Å².